The van der Waals surface area contributed by atoms with Crippen LogP contribution in [0, 0.1) is 6.92 Å². The monoisotopic (exact) mass is 392 g/mol. The minimum atomic E-state index is -0.245. The maximum absolute atomic E-state index is 12.5. The Morgan fingerprint density at radius 1 is 1.23 bits per heavy atom. The van der Waals surface area contributed by atoms with Crippen LogP contribution >= 0.6 is 23.1 Å². The van der Waals surface area contributed by atoms with Gasteiger partial charge in [0, 0.05) is 17.0 Å². The van der Waals surface area contributed by atoms with E-state index >= 15 is 0 Å². The van der Waals surface area contributed by atoms with Crippen molar-refractivity contribution in [3.63, 3.8) is 0 Å². The average molecular weight is 393 g/mol. The highest BCUT2D eigenvalue weighted by molar-refractivity contribution is 8.00. The zero-order valence-electron chi connectivity index (χ0n) is 15.2. The maximum Gasteiger partial charge on any atom is 0.239 e. The van der Waals surface area contributed by atoms with Gasteiger partial charge in [0.25, 0.3) is 0 Å². The molecule has 2 rings (SSSR count). The number of aromatic nitrogens is 2. The van der Waals surface area contributed by atoms with Crippen molar-refractivity contribution in [2.24, 2.45) is 0 Å². The summed E-state index contributed by atoms with van der Waals surface area (Å²) < 4.78 is 0. The van der Waals surface area contributed by atoms with Crippen molar-refractivity contribution in [2.45, 2.75) is 56.6 Å². The summed E-state index contributed by atoms with van der Waals surface area (Å²) in [5, 5.41) is 14.7. The Morgan fingerprint density at radius 3 is 2.69 bits per heavy atom. The number of unbranched alkanes of at least 4 members (excludes halogenated alkanes) is 1. The van der Waals surface area contributed by atoms with Crippen LogP contribution in [0.5, 0.6) is 0 Å². The van der Waals surface area contributed by atoms with Gasteiger partial charge in [-0.3, -0.25) is 14.9 Å². The van der Waals surface area contributed by atoms with Gasteiger partial charge in [-0.25, -0.2) is 0 Å². The molecule has 0 bridgehead atoms. The molecule has 1 unspecified atom stereocenters. The van der Waals surface area contributed by atoms with Crippen LogP contribution in [0.3, 0.4) is 0 Å². The fourth-order valence-corrected chi connectivity index (χ4v) is 3.84. The predicted octanol–water partition coefficient (Wildman–Crippen LogP) is 4.48. The molecular formula is C18H24N4O2S2. The largest absolute Gasteiger partial charge is 0.326 e. The molecule has 26 heavy (non-hydrogen) atoms. The lowest BCUT2D eigenvalue weighted by atomic mass is 10.2. The van der Waals surface area contributed by atoms with Gasteiger partial charge >= 0.3 is 0 Å². The Morgan fingerprint density at radius 2 is 2.04 bits per heavy atom. The van der Waals surface area contributed by atoms with Crippen molar-refractivity contribution >= 4 is 45.7 Å². The normalized spacial score (nSPS) is 11.8. The lowest BCUT2D eigenvalue weighted by Crippen LogP contribution is -2.24. The van der Waals surface area contributed by atoms with Gasteiger partial charge in [-0.2, -0.15) is 0 Å². The van der Waals surface area contributed by atoms with Crippen LogP contribution in [0.4, 0.5) is 10.8 Å². The van der Waals surface area contributed by atoms with E-state index in [1.165, 1.54) is 23.1 Å². The van der Waals surface area contributed by atoms with Gasteiger partial charge in [0.1, 0.15) is 5.01 Å². The van der Waals surface area contributed by atoms with Crippen molar-refractivity contribution < 1.29 is 9.59 Å². The molecule has 2 amide bonds. The van der Waals surface area contributed by atoms with Gasteiger partial charge in [-0.1, -0.05) is 37.7 Å². The predicted molar refractivity (Wildman–Crippen MR) is 108 cm³/mol. The van der Waals surface area contributed by atoms with Crippen molar-refractivity contribution in [3.8, 4) is 0 Å². The number of rotatable bonds is 9. The van der Waals surface area contributed by atoms with E-state index in [4.69, 9.17) is 0 Å². The summed E-state index contributed by atoms with van der Waals surface area (Å²) in [6, 6.07) is 7.59. The second kappa shape index (κ2) is 10.3. The third kappa shape index (κ3) is 6.42. The molecule has 1 aromatic heterocycles. The number of hydrogen-bond donors (Lipinski definition) is 2. The molecule has 0 spiro atoms. The highest BCUT2D eigenvalue weighted by Crippen LogP contribution is 2.29. The third-order valence-corrected chi connectivity index (χ3v) is 5.69. The first-order valence-electron chi connectivity index (χ1n) is 8.69. The molecule has 1 heterocycles. The molecule has 0 aliphatic heterocycles. The molecule has 1 atom stereocenters. The van der Waals surface area contributed by atoms with Gasteiger partial charge < -0.3 is 5.32 Å². The number of carbonyl (C=O) groups is 2. The number of amides is 2. The van der Waals surface area contributed by atoms with E-state index in [1.807, 2.05) is 38.1 Å². The zero-order valence-corrected chi connectivity index (χ0v) is 16.9. The highest BCUT2D eigenvalue weighted by atomic mass is 32.2. The summed E-state index contributed by atoms with van der Waals surface area (Å²) >= 11 is 2.83. The van der Waals surface area contributed by atoms with E-state index in [9.17, 15) is 9.59 Å². The van der Waals surface area contributed by atoms with Crippen LogP contribution < -0.4 is 10.6 Å². The van der Waals surface area contributed by atoms with Gasteiger partial charge in [0.2, 0.25) is 16.9 Å². The molecule has 1 aromatic carbocycles. The average Bonchev–Trinajstić information content (AvgIpc) is 3.02. The topological polar surface area (TPSA) is 84.0 Å². The van der Waals surface area contributed by atoms with Gasteiger partial charge in [0.05, 0.1) is 5.25 Å². The molecule has 6 nitrogen and oxygen atoms in total. The Bertz CT molecular complexity index is 748. The fraction of sp³-hybridized carbons (Fsp3) is 0.444. The Kier molecular flexibility index (Phi) is 8.06. The van der Waals surface area contributed by atoms with Crippen molar-refractivity contribution in [1.82, 2.24) is 10.2 Å². The number of benzene rings is 1. The minimum absolute atomic E-state index is 0.0189. The quantitative estimate of drug-likeness (QED) is 0.615. The van der Waals surface area contributed by atoms with Crippen LogP contribution in [0.2, 0.25) is 0 Å². The van der Waals surface area contributed by atoms with Gasteiger partial charge in [0.15, 0.2) is 0 Å². The SMILES string of the molecule is CCCCC(=O)Nc1cccc(SC(CC)C(=O)Nc2nnc(C)s2)c1. The van der Waals surface area contributed by atoms with Gasteiger partial charge in [-0.05, 0) is 38.0 Å². The second-order valence-corrected chi connectivity index (χ2v) is 8.27. The molecule has 0 saturated heterocycles. The number of thioether (sulfide) groups is 1. The van der Waals surface area contributed by atoms with E-state index < -0.39 is 0 Å². The van der Waals surface area contributed by atoms with Crippen LogP contribution in [0.25, 0.3) is 0 Å². The number of nitrogens with zero attached hydrogens (tertiary/aromatic N) is 2. The first-order chi connectivity index (χ1) is 12.5. The number of hydrogen-bond acceptors (Lipinski definition) is 6. The van der Waals surface area contributed by atoms with Crippen molar-refractivity contribution in [1.29, 1.82) is 0 Å². The standard InChI is InChI=1S/C18H24N4O2S2/c1-4-6-10-16(23)19-13-8-7-9-14(11-13)26-15(5-2)17(24)20-18-22-21-12(3)25-18/h7-9,11,15H,4-6,10H2,1-3H3,(H,19,23)(H,20,22,24). The first-order valence-corrected chi connectivity index (χ1v) is 10.4. The summed E-state index contributed by atoms with van der Waals surface area (Å²) in [7, 11) is 0. The van der Waals surface area contributed by atoms with Crippen molar-refractivity contribution in [2.75, 3.05) is 10.6 Å². The molecule has 140 valence electrons. The van der Waals surface area contributed by atoms with Gasteiger partial charge in [-0.15, -0.1) is 22.0 Å². The Hall–Kier alpha value is -1.93. The van der Waals surface area contributed by atoms with E-state index in [0.29, 0.717) is 18.0 Å². The summed E-state index contributed by atoms with van der Waals surface area (Å²) in [6.07, 6.45) is 3.07. The molecule has 0 aliphatic carbocycles. The number of carbonyl (C=O) groups excluding carboxylic acids is 2. The van der Waals surface area contributed by atoms with Crippen LogP contribution in [0.1, 0.15) is 44.5 Å². The molecule has 0 saturated carbocycles. The number of anilines is 2. The Labute approximate surface area is 162 Å². The molecule has 2 N–H and O–H groups in total. The maximum atomic E-state index is 12.5. The van der Waals surface area contributed by atoms with Crippen LogP contribution in [-0.4, -0.2) is 27.3 Å². The molecule has 8 heteroatoms. The van der Waals surface area contributed by atoms with Crippen LogP contribution in [-0.2, 0) is 9.59 Å². The summed E-state index contributed by atoms with van der Waals surface area (Å²) in [5.41, 5.74) is 0.756. The summed E-state index contributed by atoms with van der Waals surface area (Å²) in [5.74, 6) is -0.0727. The second-order valence-electron chi connectivity index (χ2n) is 5.81. The number of aryl methyl sites for hydroxylation is 1. The van der Waals surface area contributed by atoms with E-state index in [-0.39, 0.29) is 17.1 Å². The summed E-state index contributed by atoms with van der Waals surface area (Å²) in [4.78, 5) is 25.3. The Balaban J connectivity index is 1.97. The molecule has 0 radical (unpaired) electrons. The molecule has 0 fully saturated rings. The molecule has 0 aliphatic rings. The smallest absolute Gasteiger partial charge is 0.239 e. The minimum Gasteiger partial charge on any atom is -0.326 e. The van der Waals surface area contributed by atoms with E-state index in [2.05, 4.69) is 27.8 Å². The highest BCUT2D eigenvalue weighted by Gasteiger charge is 2.19. The summed E-state index contributed by atoms with van der Waals surface area (Å²) in [6.45, 7) is 5.88. The molecular weight excluding hydrogens is 368 g/mol. The van der Waals surface area contributed by atoms with E-state index in [0.717, 1.165) is 28.4 Å². The molecule has 2 aromatic rings. The lowest BCUT2D eigenvalue weighted by Gasteiger charge is -2.14. The van der Waals surface area contributed by atoms with E-state index in [1.54, 1.807) is 0 Å². The zero-order chi connectivity index (χ0) is 18.9. The van der Waals surface area contributed by atoms with Crippen LogP contribution in [0.15, 0.2) is 29.2 Å². The third-order valence-electron chi connectivity index (χ3n) is 3.57. The fourth-order valence-electron chi connectivity index (χ4n) is 2.23. The first kappa shape index (κ1) is 20.4. The number of nitrogens with one attached hydrogen (secondary N) is 2. The van der Waals surface area contributed by atoms with Crippen molar-refractivity contribution in [3.05, 3.63) is 29.3 Å². The lowest BCUT2D eigenvalue weighted by molar-refractivity contribution is -0.116.